The molecule has 1 heterocycles. The summed E-state index contributed by atoms with van der Waals surface area (Å²) in [5.41, 5.74) is 5.80. The van der Waals surface area contributed by atoms with E-state index in [9.17, 15) is 4.79 Å². The molecule has 0 atom stereocenters. The van der Waals surface area contributed by atoms with Crippen molar-refractivity contribution in [1.29, 1.82) is 0 Å². The minimum Gasteiger partial charge on any atom is -0.328 e. The molecule has 3 heteroatoms. The average molecular weight is 210 g/mol. The zero-order chi connectivity index (χ0) is 11.1. The van der Waals surface area contributed by atoms with E-state index in [1.165, 1.54) is 0 Å². The van der Waals surface area contributed by atoms with Gasteiger partial charge < -0.3 is 5.73 Å². The molecule has 1 aliphatic heterocycles. The van der Waals surface area contributed by atoms with Crippen LogP contribution in [0.4, 0.5) is 0 Å². The van der Waals surface area contributed by atoms with Crippen molar-refractivity contribution in [1.82, 2.24) is 4.90 Å². The highest BCUT2D eigenvalue weighted by molar-refractivity contribution is 5.80. The van der Waals surface area contributed by atoms with Gasteiger partial charge in [0, 0.05) is 25.6 Å². The molecule has 0 saturated carbocycles. The number of nitrogens with zero attached hydrogens (tertiary/aromatic N) is 1. The van der Waals surface area contributed by atoms with Crippen molar-refractivity contribution in [2.75, 3.05) is 19.6 Å². The van der Waals surface area contributed by atoms with E-state index in [1.807, 2.05) is 6.08 Å². The van der Waals surface area contributed by atoms with Crippen LogP contribution in [-0.4, -0.2) is 36.4 Å². The van der Waals surface area contributed by atoms with E-state index in [4.69, 9.17) is 5.73 Å². The molecule has 0 amide bonds. The SMILES string of the molecule is C=CCCCC(=O)CN1CCC(N)CC1. The van der Waals surface area contributed by atoms with Crippen molar-refractivity contribution in [3.63, 3.8) is 0 Å². The Morgan fingerprint density at radius 1 is 1.47 bits per heavy atom. The fourth-order valence-corrected chi connectivity index (χ4v) is 1.88. The zero-order valence-electron chi connectivity index (χ0n) is 9.45. The Balaban J connectivity index is 2.12. The Morgan fingerprint density at radius 2 is 2.13 bits per heavy atom. The highest BCUT2D eigenvalue weighted by atomic mass is 16.1. The van der Waals surface area contributed by atoms with Crippen LogP contribution in [0.15, 0.2) is 12.7 Å². The second-order valence-electron chi connectivity index (χ2n) is 4.33. The fourth-order valence-electron chi connectivity index (χ4n) is 1.88. The number of carbonyl (C=O) groups excluding carboxylic acids is 1. The van der Waals surface area contributed by atoms with Crippen molar-refractivity contribution in [2.24, 2.45) is 5.73 Å². The minimum atomic E-state index is 0.345. The van der Waals surface area contributed by atoms with Crippen LogP contribution in [0.3, 0.4) is 0 Å². The van der Waals surface area contributed by atoms with E-state index in [-0.39, 0.29) is 0 Å². The number of carbonyl (C=O) groups is 1. The highest BCUT2D eigenvalue weighted by Crippen LogP contribution is 2.08. The number of nitrogens with two attached hydrogens (primary N) is 1. The summed E-state index contributed by atoms with van der Waals surface area (Å²) < 4.78 is 0. The van der Waals surface area contributed by atoms with Crippen molar-refractivity contribution in [3.8, 4) is 0 Å². The molecule has 0 bridgehead atoms. The van der Waals surface area contributed by atoms with E-state index in [1.54, 1.807) is 0 Å². The van der Waals surface area contributed by atoms with Crippen LogP contribution >= 0.6 is 0 Å². The van der Waals surface area contributed by atoms with E-state index in [2.05, 4.69) is 11.5 Å². The van der Waals surface area contributed by atoms with E-state index in [0.29, 0.717) is 24.8 Å². The lowest BCUT2D eigenvalue weighted by Gasteiger charge is -2.29. The third-order valence-electron chi connectivity index (χ3n) is 2.90. The van der Waals surface area contributed by atoms with Crippen molar-refractivity contribution in [2.45, 2.75) is 38.1 Å². The molecular formula is C12H22N2O. The smallest absolute Gasteiger partial charge is 0.146 e. The van der Waals surface area contributed by atoms with Crippen LogP contribution in [0.5, 0.6) is 0 Å². The predicted molar refractivity (Wildman–Crippen MR) is 62.7 cm³/mol. The van der Waals surface area contributed by atoms with Crippen LogP contribution in [0.25, 0.3) is 0 Å². The van der Waals surface area contributed by atoms with Crippen LogP contribution in [0, 0.1) is 0 Å². The van der Waals surface area contributed by atoms with Crippen molar-refractivity contribution in [3.05, 3.63) is 12.7 Å². The maximum Gasteiger partial charge on any atom is 0.146 e. The van der Waals surface area contributed by atoms with Gasteiger partial charge in [0.15, 0.2) is 0 Å². The van der Waals surface area contributed by atoms with Crippen molar-refractivity contribution < 1.29 is 4.79 Å². The number of likely N-dealkylation sites (tertiary alicyclic amines) is 1. The van der Waals surface area contributed by atoms with Gasteiger partial charge in [-0.2, -0.15) is 0 Å². The van der Waals surface area contributed by atoms with Crippen LogP contribution in [0.2, 0.25) is 0 Å². The lowest BCUT2D eigenvalue weighted by atomic mass is 10.1. The first-order valence-electron chi connectivity index (χ1n) is 5.83. The van der Waals surface area contributed by atoms with Gasteiger partial charge in [0.2, 0.25) is 0 Å². The molecule has 0 aliphatic carbocycles. The Bertz CT molecular complexity index is 208. The number of rotatable bonds is 6. The van der Waals surface area contributed by atoms with Gasteiger partial charge in [0.25, 0.3) is 0 Å². The molecule has 0 aromatic carbocycles. The van der Waals surface area contributed by atoms with Gasteiger partial charge in [-0.25, -0.2) is 0 Å². The number of Topliss-reactive ketones (excluding diaryl/α,β-unsaturated/α-hetero) is 1. The Kier molecular flexibility index (Phi) is 5.58. The lowest BCUT2D eigenvalue weighted by Crippen LogP contribution is -2.41. The average Bonchev–Trinajstić information content (AvgIpc) is 2.22. The topological polar surface area (TPSA) is 46.3 Å². The van der Waals surface area contributed by atoms with Gasteiger partial charge in [0.1, 0.15) is 5.78 Å². The molecule has 2 N–H and O–H groups in total. The van der Waals surface area contributed by atoms with Gasteiger partial charge in [-0.1, -0.05) is 6.08 Å². The number of piperidine rings is 1. The number of hydrogen-bond donors (Lipinski definition) is 1. The summed E-state index contributed by atoms with van der Waals surface area (Å²) in [6.45, 7) is 6.22. The van der Waals surface area contributed by atoms with Gasteiger partial charge in [-0.05, 0) is 25.7 Å². The molecule has 0 aromatic heterocycles. The second-order valence-corrected chi connectivity index (χ2v) is 4.33. The summed E-state index contributed by atoms with van der Waals surface area (Å²) in [7, 11) is 0. The zero-order valence-corrected chi connectivity index (χ0v) is 9.45. The molecule has 3 nitrogen and oxygen atoms in total. The van der Waals surface area contributed by atoms with E-state index < -0.39 is 0 Å². The molecular weight excluding hydrogens is 188 g/mol. The van der Waals surface area contributed by atoms with Crippen LogP contribution in [-0.2, 0) is 4.79 Å². The number of hydrogen-bond acceptors (Lipinski definition) is 3. The third kappa shape index (κ3) is 5.09. The van der Waals surface area contributed by atoms with Gasteiger partial charge in [0.05, 0.1) is 6.54 Å². The quantitative estimate of drug-likeness (QED) is 0.531. The van der Waals surface area contributed by atoms with E-state index in [0.717, 1.165) is 38.8 Å². The van der Waals surface area contributed by atoms with Crippen LogP contribution < -0.4 is 5.73 Å². The normalized spacial score (nSPS) is 19.0. The van der Waals surface area contributed by atoms with Crippen molar-refractivity contribution >= 4 is 5.78 Å². The van der Waals surface area contributed by atoms with Gasteiger partial charge in [-0.3, -0.25) is 9.69 Å². The summed E-state index contributed by atoms with van der Waals surface area (Å²) >= 11 is 0. The molecule has 15 heavy (non-hydrogen) atoms. The lowest BCUT2D eigenvalue weighted by molar-refractivity contribution is -0.120. The molecule has 0 radical (unpaired) electrons. The highest BCUT2D eigenvalue weighted by Gasteiger charge is 2.17. The fraction of sp³-hybridized carbons (Fsp3) is 0.750. The predicted octanol–water partition coefficient (Wildman–Crippen LogP) is 1.33. The Morgan fingerprint density at radius 3 is 2.73 bits per heavy atom. The molecule has 1 fully saturated rings. The number of allylic oxidation sites excluding steroid dienone is 1. The van der Waals surface area contributed by atoms with Crippen LogP contribution in [0.1, 0.15) is 32.1 Å². The molecule has 0 aromatic rings. The maximum atomic E-state index is 11.6. The summed E-state index contributed by atoms with van der Waals surface area (Å²) in [6.07, 6.45) is 6.49. The summed E-state index contributed by atoms with van der Waals surface area (Å²) in [5.74, 6) is 0.354. The standard InChI is InChI=1S/C12H22N2O/c1-2-3-4-5-12(15)10-14-8-6-11(13)7-9-14/h2,11H,1,3-10,13H2. The molecule has 1 aliphatic rings. The van der Waals surface area contributed by atoms with Gasteiger partial charge >= 0.3 is 0 Å². The second kappa shape index (κ2) is 6.75. The first kappa shape index (κ1) is 12.4. The maximum absolute atomic E-state index is 11.6. The molecule has 0 spiro atoms. The Hall–Kier alpha value is -0.670. The monoisotopic (exact) mass is 210 g/mol. The summed E-state index contributed by atoms with van der Waals surface area (Å²) in [4.78, 5) is 13.8. The molecule has 0 unspecified atom stereocenters. The number of unbranched alkanes of at least 4 members (excludes halogenated alkanes) is 1. The van der Waals surface area contributed by atoms with E-state index >= 15 is 0 Å². The van der Waals surface area contributed by atoms with Gasteiger partial charge in [-0.15, -0.1) is 6.58 Å². The minimum absolute atomic E-state index is 0.345. The number of ketones is 1. The molecule has 1 rings (SSSR count). The summed E-state index contributed by atoms with van der Waals surface area (Å²) in [5, 5.41) is 0. The Labute approximate surface area is 92.3 Å². The largest absolute Gasteiger partial charge is 0.328 e. The first-order chi connectivity index (χ1) is 7.22. The third-order valence-corrected chi connectivity index (χ3v) is 2.90. The molecule has 86 valence electrons. The molecule has 1 saturated heterocycles. The first-order valence-corrected chi connectivity index (χ1v) is 5.83. The summed E-state index contributed by atoms with van der Waals surface area (Å²) in [6, 6.07) is 0.345.